The van der Waals surface area contributed by atoms with E-state index in [-0.39, 0.29) is 11.6 Å². The van der Waals surface area contributed by atoms with Gasteiger partial charge in [-0.2, -0.15) is 0 Å². The maximum absolute atomic E-state index is 6.20. The Labute approximate surface area is 166 Å². The molecule has 154 valence electrons. The molecule has 0 saturated carbocycles. The summed E-state index contributed by atoms with van der Waals surface area (Å²) >= 11 is 0. The normalized spacial score (nSPS) is 18.4. The number of ether oxygens (including phenoxy) is 1. The highest BCUT2D eigenvalue weighted by atomic mass is 16.5. The molecule has 1 heterocycles. The minimum absolute atomic E-state index is 0.118. The van der Waals surface area contributed by atoms with Gasteiger partial charge in [0.25, 0.3) is 0 Å². The molecule has 2 rings (SSSR count). The van der Waals surface area contributed by atoms with Crippen LogP contribution in [0.1, 0.15) is 46.6 Å². The van der Waals surface area contributed by atoms with Crippen LogP contribution in [0, 0.1) is 0 Å². The quantitative estimate of drug-likeness (QED) is 0.502. The van der Waals surface area contributed by atoms with Gasteiger partial charge in [0, 0.05) is 51.4 Å². The first-order chi connectivity index (χ1) is 12.8. The van der Waals surface area contributed by atoms with Crippen molar-refractivity contribution in [1.82, 2.24) is 14.8 Å². The highest BCUT2D eigenvalue weighted by molar-refractivity contribution is 5.14. The van der Waals surface area contributed by atoms with Crippen molar-refractivity contribution in [2.45, 2.75) is 65.3 Å². The van der Waals surface area contributed by atoms with Crippen LogP contribution in [0.3, 0.4) is 0 Å². The first-order valence-electron chi connectivity index (χ1n) is 10.4. The molecular weight excluding hydrogens is 336 g/mol. The molecule has 1 fully saturated rings. The van der Waals surface area contributed by atoms with E-state index < -0.39 is 0 Å². The number of nitrogens with two attached hydrogens (primary N) is 1. The summed E-state index contributed by atoms with van der Waals surface area (Å²) in [7, 11) is 0. The van der Waals surface area contributed by atoms with Crippen LogP contribution in [0.25, 0.3) is 0 Å². The molecule has 1 aromatic rings. The smallest absolute Gasteiger partial charge is 0.0640 e. The maximum atomic E-state index is 6.20. The zero-order valence-electron chi connectivity index (χ0n) is 18.0. The van der Waals surface area contributed by atoms with Crippen LogP contribution < -0.4 is 5.84 Å². The standard InChI is InChI=1S/C22H40N4O/c1-19(2)26(23)20(3)18-27-22(4,5)11-12-24-13-15-25(16-14-24)17-21-9-7-6-8-10-21/h6-10,19-20H,11-18,23H2,1-5H3. The number of piperazine rings is 1. The summed E-state index contributed by atoms with van der Waals surface area (Å²) in [5, 5.41) is 1.88. The van der Waals surface area contributed by atoms with Crippen molar-refractivity contribution in [2.75, 3.05) is 39.3 Å². The second kappa shape index (κ2) is 10.5. The SMILES string of the molecule is CC(C)N(N)C(C)COC(C)(C)CCN1CCN(Cc2ccccc2)CC1. The fraction of sp³-hybridized carbons (Fsp3) is 0.727. The number of hydrogen-bond donors (Lipinski definition) is 1. The molecule has 0 bridgehead atoms. The first kappa shape index (κ1) is 22.3. The molecule has 0 aliphatic carbocycles. The number of benzene rings is 1. The molecule has 5 heteroatoms. The summed E-state index contributed by atoms with van der Waals surface area (Å²) < 4.78 is 6.20. The lowest BCUT2D eigenvalue weighted by atomic mass is 10.0. The minimum atomic E-state index is -0.118. The second-order valence-corrected chi connectivity index (χ2v) is 8.81. The Morgan fingerprint density at radius 1 is 1.04 bits per heavy atom. The molecule has 0 spiro atoms. The van der Waals surface area contributed by atoms with Crippen LogP contribution >= 0.6 is 0 Å². The van der Waals surface area contributed by atoms with Crippen LogP contribution in [0.15, 0.2) is 30.3 Å². The summed E-state index contributed by atoms with van der Waals surface area (Å²) in [5.41, 5.74) is 1.29. The van der Waals surface area contributed by atoms with Gasteiger partial charge in [-0.1, -0.05) is 30.3 Å². The van der Waals surface area contributed by atoms with Gasteiger partial charge in [0.2, 0.25) is 0 Å². The minimum Gasteiger partial charge on any atom is -0.374 e. The molecule has 1 aromatic carbocycles. The van der Waals surface area contributed by atoms with E-state index in [1.54, 1.807) is 0 Å². The predicted octanol–water partition coefficient (Wildman–Crippen LogP) is 2.96. The van der Waals surface area contributed by atoms with Gasteiger partial charge in [0.05, 0.1) is 12.2 Å². The van der Waals surface area contributed by atoms with Gasteiger partial charge in [0.15, 0.2) is 0 Å². The Morgan fingerprint density at radius 2 is 1.63 bits per heavy atom. The Kier molecular flexibility index (Phi) is 8.70. The van der Waals surface area contributed by atoms with Gasteiger partial charge >= 0.3 is 0 Å². The van der Waals surface area contributed by atoms with Crippen molar-refractivity contribution in [3.8, 4) is 0 Å². The summed E-state index contributed by atoms with van der Waals surface area (Å²) in [6, 6.07) is 11.3. The van der Waals surface area contributed by atoms with Crippen molar-refractivity contribution < 1.29 is 4.74 Å². The fourth-order valence-corrected chi connectivity index (χ4v) is 3.45. The highest BCUT2D eigenvalue weighted by Crippen LogP contribution is 2.18. The van der Waals surface area contributed by atoms with Crippen molar-refractivity contribution in [3.63, 3.8) is 0 Å². The van der Waals surface area contributed by atoms with Gasteiger partial charge in [0.1, 0.15) is 0 Å². The van der Waals surface area contributed by atoms with Crippen molar-refractivity contribution in [1.29, 1.82) is 0 Å². The molecular formula is C22H40N4O. The third-order valence-electron chi connectivity index (χ3n) is 5.56. The summed E-state index contributed by atoms with van der Waals surface area (Å²) in [6.07, 6.45) is 1.05. The van der Waals surface area contributed by atoms with Gasteiger partial charge in [-0.05, 0) is 46.6 Å². The van der Waals surface area contributed by atoms with Crippen LogP contribution in [0.5, 0.6) is 0 Å². The van der Waals surface area contributed by atoms with E-state index in [4.69, 9.17) is 10.6 Å². The number of hydrazine groups is 1. The first-order valence-corrected chi connectivity index (χ1v) is 10.4. The number of hydrogen-bond acceptors (Lipinski definition) is 5. The molecule has 0 amide bonds. The average molecular weight is 377 g/mol. The lowest BCUT2D eigenvalue weighted by Gasteiger charge is -2.37. The van der Waals surface area contributed by atoms with Gasteiger partial charge in [-0.25, -0.2) is 5.01 Å². The predicted molar refractivity (Wildman–Crippen MR) is 113 cm³/mol. The molecule has 1 unspecified atom stereocenters. The van der Waals surface area contributed by atoms with Crippen molar-refractivity contribution >= 4 is 0 Å². The molecule has 1 aliphatic heterocycles. The molecule has 5 nitrogen and oxygen atoms in total. The van der Waals surface area contributed by atoms with Crippen LogP contribution in [-0.4, -0.2) is 71.8 Å². The molecule has 1 saturated heterocycles. The zero-order valence-corrected chi connectivity index (χ0v) is 18.0. The Morgan fingerprint density at radius 3 is 2.22 bits per heavy atom. The third kappa shape index (κ3) is 7.88. The zero-order chi connectivity index (χ0) is 19.9. The largest absolute Gasteiger partial charge is 0.374 e. The highest BCUT2D eigenvalue weighted by Gasteiger charge is 2.24. The lowest BCUT2D eigenvalue weighted by Crippen LogP contribution is -2.48. The number of nitrogens with zero attached hydrogens (tertiary/aromatic N) is 3. The molecule has 1 atom stereocenters. The van der Waals surface area contributed by atoms with E-state index in [2.05, 4.69) is 74.8 Å². The summed E-state index contributed by atoms with van der Waals surface area (Å²) in [6.45, 7) is 18.1. The summed E-state index contributed by atoms with van der Waals surface area (Å²) in [4.78, 5) is 5.12. The lowest BCUT2D eigenvalue weighted by molar-refractivity contribution is -0.0577. The van der Waals surface area contributed by atoms with E-state index in [9.17, 15) is 0 Å². The Balaban J connectivity index is 1.66. The topological polar surface area (TPSA) is 45.0 Å². The van der Waals surface area contributed by atoms with E-state index in [0.29, 0.717) is 12.6 Å². The maximum Gasteiger partial charge on any atom is 0.0640 e. The van der Waals surface area contributed by atoms with E-state index >= 15 is 0 Å². The average Bonchev–Trinajstić information content (AvgIpc) is 2.66. The fourth-order valence-electron chi connectivity index (χ4n) is 3.45. The second-order valence-electron chi connectivity index (χ2n) is 8.81. The van der Waals surface area contributed by atoms with Crippen LogP contribution in [0.4, 0.5) is 0 Å². The van der Waals surface area contributed by atoms with Gasteiger partial charge in [-0.15, -0.1) is 0 Å². The van der Waals surface area contributed by atoms with Gasteiger partial charge < -0.3 is 9.64 Å². The molecule has 27 heavy (non-hydrogen) atoms. The van der Waals surface area contributed by atoms with E-state index in [1.807, 2.05) is 5.01 Å². The third-order valence-corrected chi connectivity index (χ3v) is 5.56. The van der Waals surface area contributed by atoms with Crippen molar-refractivity contribution in [3.05, 3.63) is 35.9 Å². The molecule has 0 radical (unpaired) electrons. The molecule has 0 aromatic heterocycles. The monoisotopic (exact) mass is 376 g/mol. The van der Waals surface area contributed by atoms with Crippen LogP contribution in [0.2, 0.25) is 0 Å². The number of rotatable bonds is 10. The van der Waals surface area contributed by atoms with Gasteiger partial charge in [-0.3, -0.25) is 10.7 Å². The van der Waals surface area contributed by atoms with Crippen LogP contribution in [-0.2, 0) is 11.3 Å². The van der Waals surface area contributed by atoms with Crippen molar-refractivity contribution in [2.24, 2.45) is 5.84 Å². The Hall–Kier alpha value is -0.980. The Bertz CT molecular complexity index is 526. The van der Waals surface area contributed by atoms with E-state index in [0.717, 1.165) is 45.7 Å². The molecule has 1 aliphatic rings. The molecule has 2 N–H and O–H groups in total. The van der Waals surface area contributed by atoms with E-state index in [1.165, 1.54) is 5.56 Å². The summed E-state index contributed by atoms with van der Waals surface area (Å²) in [5.74, 6) is 6.09.